The summed E-state index contributed by atoms with van der Waals surface area (Å²) in [6, 6.07) is 10.6. The zero-order valence-corrected chi connectivity index (χ0v) is 15.1. The molecule has 154 valence electrons. The molecule has 3 aromatic rings. The molecule has 1 unspecified atom stereocenters. The number of carbonyl (C=O) groups excluding carboxylic acids is 2. The summed E-state index contributed by atoms with van der Waals surface area (Å²) in [4.78, 5) is 24.4. The van der Waals surface area contributed by atoms with Gasteiger partial charge in [0.15, 0.2) is 17.5 Å². The fourth-order valence-corrected chi connectivity index (χ4v) is 2.80. The molecule has 0 aliphatic heterocycles. The van der Waals surface area contributed by atoms with Crippen LogP contribution >= 0.6 is 0 Å². The molecule has 30 heavy (non-hydrogen) atoms. The fraction of sp³-hybridized carbons (Fsp3) is 0.0476. The number of nitrogens with one attached hydrogen (secondary N) is 2. The molecule has 1 atom stereocenters. The lowest BCUT2D eigenvalue weighted by Gasteiger charge is -2.18. The molecule has 5 nitrogen and oxygen atoms in total. The van der Waals surface area contributed by atoms with Gasteiger partial charge >= 0.3 is 0 Å². The molecule has 3 aromatic carbocycles. The summed E-state index contributed by atoms with van der Waals surface area (Å²) in [5.74, 6) is -6.67. The van der Waals surface area contributed by atoms with Crippen molar-refractivity contribution < 1.29 is 32.4 Å². The summed E-state index contributed by atoms with van der Waals surface area (Å²) < 4.78 is 53.3. The minimum absolute atomic E-state index is 0.0420. The molecule has 0 aromatic heterocycles. The number of hydrogen-bond acceptors (Lipinski definition) is 3. The number of hydrogen-bond donors (Lipinski definition) is 3. The monoisotopic (exact) mass is 418 g/mol. The van der Waals surface area contributed by atoms with Crippen molar-refractivity contribution >= 4 is 11.8 Å². The van der Waals surface area contributed by atoms with Gasteiger partial charge in [-0.1, -0.05) is 30.3 Å². The van der Waals surface area contributed by atoms with E-state index in [1.807, 2.05) is 0 Å². The maximum Gasteiger partial charge on any atom is 0.270 e. The van der Waals surface area contributed by atoms with Crippen LogP contribution in [0.4, 0.5) is 17.6 Å². The second kappa shape index (κ2) is 8.75. The molecule has 0 aliphatic carbocycles. The Morgan fingerprint density at radius 3 is 2.03 bits per heavy atom. The van der Waals surface area contributed by atoms with E-state index in [-0.39, 0.29) is 16.7 Å². The molecule has 3 N–H and O–H groups in total. The van der Waals surface area contributed by atoms with Crippen LogP contribution in [0, 0.1) is 23.3 Å². The van der Waals surface area contributed by atoms with Gasteiger partial charge in [-0.3, -0.25) is 14.8 Å². The Labute approximate surface area is 167 Å². The molecular formula is C21H14F4N2O3. The number of hydroxylamine groups is 1. The van der Waals surface area contributed by atoms with Gasteiger partial charge in [0.25, 0.3) is 11.8 Å². The summed E-state index contributed by atoms with van der Waals surface area (Å²) >= 11 is 0. The van der Waals surface area contributed by atoms with E-state index in [9.17, 15) is 27.2 Å². The maximum atomic E-state index is 13.4. The van der Waals surface area contributed by atoms with Crippen LogP contribution in [0.2, 0.25) is 0 Å². The second-order valence-corrected chi connectivity index (χ2v) is 6.27. The highest BCUT2D eigenvalue weighted by molar-refractivity contribution is 5.97. The van der Waals surface area contributed by atoms with Crippen LogP contribution in [0.25, 0.3) is 11.1 Å². The fourth-order valence-electron chi connectivity index (χ4n) is 2.80. The highest BCUT2D eigenvalue weighted by atomic mass is 19.2. The standard InChI is InChI=1S/C21H14F4N2O3/c22-15-3-1-2-13(8-15)20(28)26-19(21(29)27-30)12-6-4-11(5-7-12)14-9-16(23)18(25)17(24)10-14/h1-10,19,30H,(H,26,28)(H,27,29). The Kier molecular flexibility index (Phi) is 6.12. The first kappa shape index (κ1) is 21.0. The molecule has 0 spiro atoms. The van der Waals surface area contributed by atoms with Crippen molar-refractivity contribution in [2.45, 2.75) is 6.04 Å². The van der Waals surface area contributed by atoms with Crippen LogP contribution in [-0.4, -0.2) is 17.0 Å². The van der Waals surface area contributed by atoms with Crippen molar-refractivity contribution in [3.8, 4) is 11.1 Å². The van der Waals surface area contributed by atoms with Crippen LogP contribution < -0.4 is 10.8 Å². The van der Waals surface area contributed by atoms with E-state index in [4.69, 9.17) is 5.21 Å². The predicted molar refractivity (Wildman–Crippen MR) is 98.3 cm³/mol. The highest BCUT2D eigenvalue weighted by Crippen LogP contribution is 2.25. The molecule has 9 heteroatoms. The van der Waals surface area contributed by atoms with Gasteiger partial charge in [0.05, 0.1) is 0 Å². The van der Waals surface area contributed by atoms with Gasteiger partial charge in [-0.2, -0.15) is 0 Å². The first-order valence-electron chi connectivity index (χ1n) is 8.55. The lowest BCUT2D eigenvalue weighted by Crippen LogP contribution is -2.39. The minimum atomic E-state index is -1.59. The molecule has 0 saturated carbocycles. The van der Waals surface area contributed by atoms with E-state index in [0.717, 1.165) is 24.3 Å². The zero-order chi connectivity index (χ0) is 21.8. The van der Waals surface area contributed by atoms with Gasteiger partial charge < -0.3 is 5.32 Å². The molecule has 0 fully saturated rings. The normalized spacial score (nSPS) is 11.6. The van der Waals surface area contributed by atoms with Crippen molar-refractivity contribution in [1.29, 1.82) is 0 Å². The Hall–Kier alpha value is -3.72. The van der Waals surface area contributed by atoms with Gasteiger partial charge in [-0.05, 0) is 47.0 Å². The van der Waals surface area contributed by atoms with Crippen LogP contribution in [0.15, 0.2) is 60.7 Å². The Bertz CT molecular complexity index is 1080. The molecule has 0 aliphatic rings. The van der Waals surface area contributed by atoms with Gasteiger partial charge in [-0.15, -0.1) is 0 Å². The van der Waals surface area contributed by atoms with E-state index in [0.29, 0.717) is 5.56 Å². The van der Waals surface area contributed by atoms with Gasteiger partial charge in [0.1, 0.15) is 11.9 Å². The number of benzene rings is 3. The topological polar surface area (TPSA) is 78.4 Å². The first-order chi connectivity index (χ1) is 14.3. The van der Waals surface area contributed by atoms with Crippen molar-refractivity contribution in [3.63, 3.8) is 0 Å². The van der Waals surface area contributed by atoms with Crippen LogP contribution in [0.3, 0.4) is 0 Å². The van der Waals surface area contributed by atoms with Gasteiger partial charge in [0.2, 0.25) is 0 Å². The Balaban J connectivity index is 1.88. The summed E-state index contributed by atoms with van der Waals surface area (Å²) in [5, 5.41) is 11.3. The third kappa shape index (κ3) is 4.47. The van der Waals surface area contributed by atoms with Crippen LogP contribution in [0.5, 0.6) is 0 Å². The summed E-state index contributed by atoms with van der Waals surface area (Å²) in [5.41, 5.74) is 1.99. The second-order valence-electron chi connectivity index (χ2n) is 6.27. The number of halogens is 4. The number of carbonyl (C=O) groups is 2. The van der Waals surface area contributed by atoms with E-state index < -0.39 is 41.1 Å². The minimum Gasteiger partial charge on any atom is -0.336 e. The SMILES string of the molecule is O=C(NC(C(=O)NO)c1ccc(-c2cc(F)c(F)c(F)c2)cc1)c1cccc(F)c1. The Morgan fingerprint density at radius 1 is 0.833 bits per heavy atom. The smallest absolute Gasteiger partial charge is 0.270 e. The van der Waals surface area contributed by atoms with E-state index in [2.05, 4.69) is 5.32 Å². The summed E-state index contributed by atoms with van der Waals surface area (Å²) in [6.45, 7) is 0. The molecular weight excluding hydrogens is 404 g/mol. The maximum absolute atomic E-state index is 13.4. The Morgan fingerprint density at radius 2 is 1.47 bits per heavy atom. The highest BCUT2D eigenvalue weighted by Gasteiger charge is 2.23. The van der Waals surface area contributed by atoms with E-state index in [1.54, 1.807) is 0 Å². The van der Waals surface area contributed by atoms with Crippen LogP contribution in [-0.2, 0) is 4.79 Å². The van der Waals surface area contributed by atoms with Crippen molar-refractivity contribution in [3.05, 3.63) is 95.1 Å². The predicted octanol–water partition coefficient (Wildman–Crippen LogP) is 3.89. The lowest BCUT2D eigenvalue weighted by atomic mass is 9.99. The van der Waals surface area contributed by atoms with Gasteiger partial charge in [-0.25, -0.2) is 23.0 Å². The zero-order valence-electron chi connectivity index (χ0n) is 15.1. The molecule has 0 radical (unpaired) electrons. The molecule has 2 amide bonds. The van der Waals surface area contributed by atoms with Gasteiger partial charge in [0, 0.05) is 5.56 Å². The molecule has 0 bridgehead atoms. The molecule has 3 rings (SSSR count). The largest absolute Gasteiger partial charge is 0.336 e. The van der Waals surface area contributed by atoms with Crippen molar-refractivity contribution in [1.82, 2.24) is 10.8 Å². The van der Waals surface area contributed by atoms with Crippen molar-refractivity contribution in [2.24, 2.45) is 0 Å². The van der Waals surface area contributed by atoms with Crippen molar-refractivity contribution in [2.75, 3.05) is 0 Å². The third-order valence-electron chi connectivity index (χ3n) is 4.30. The molecule has 0 saturated heterocycles. The number of amides is 2. The first-order valence-corrected chi connectivity index (χ1v) is 8.55. The average molecular weight is 418 g/mol. The van der Waals surface area contributed by atoms with Crippen LogP contribution in [0.1, 0.15) is 22.0 Å². The third-order valence-corrected chi connectivity index (χ3v) is 4.30. The quantitative estimate of drug-likeness (QED) is 0.255. The van der Waals surface area contributed by atoms with E-state index >= 15 is 0 Å². The number of rotatable bonds is 5. The summed E-state index contributed by atoms with van der Waals surface area (Å²) in [7, 11) is 0. The van der Waals surface area contributed by atoms with E-state index in [1.165, 1.54) is 41.9 Å². The molecule has 0 heterocycles. The average Bonchev–Trinajstić information content (AvgIpc) is 2.75. The lowest BCUT2D eigenvalue weighted by molar-refractivity contribution is -0.131. The summed E-state index contributed by atoms with van der Waals surface area (Å²) in [6.07, 6.45) is 0.